The van der Waals surface area contributed by atoms with Crippen molar-refractivity contribution in [3.8, 4) is 11.5 Å². The number of ether oxygens (including phenoxy) is 4. The number of hydrogen-bond acceptors (Lipinski definition) is 8. The molecule has 1 heterocycles. The number of benzene rings is 2. The number of carbonyl (C=O) groups excluding carboxylic acids is 2. The summed E-state index contributed by atoms with van der Waals surface area (Å²) in [5.41, 5.74) is 0.429. The zero-order chi connectivity index (χ0) is 24.0. The molecular formula is C22H26N2O8S. The van der Waals surface area contributed by atoms with Crippen LogP contribution in [0, 0.1) is 0 Å². The topological polar surface area (TPSA) is 120 Å². The third-order valence-electron chi connectivity index (χ3n) is 5.01. The molecule has 178 valence electrons. The first-order valence-corrected chi connectivity index (χ1v) is 11.6. The van der Waals surface area contributed by atoms with Crippen LogP contribution in [0.4, 0.5) is 5.69 Å². The molecule has 1 amide bonds. The van der Waals surface area contributed by atoms with Gasteiger partial charge in [0.05, 0.1) is 32.3 Å². The SMILES string of the molecule is COc1cccc(OC)c1C(=O)OC(C)C(=O)Nc1ccc(S(=O)(=O)N2CCOCC2)cc1. The molecule has 0 aliphatic carbocycles. The van der Waals surface area contributed by atoms with E-state index in [0.717, 1.165) is 0 Å². The Bertz CT molecular complexity index is 1070. The van der Waals surface area contributed by atoms with E-state index in [0.29, 0.717) is 32.0 Å². The lowest BCUT2D eigenvalue weighted by molar-refractivity contribution is -0.123. The third kappa shape index (κ3) is 5.62. The van der Waals surface area contributed by atoms with E-state index in [1.54, 1.807) is 18.2 Å². The van der Waals surface area contributed by atoms with Gasteiger partial charge in [0.1, 0.15) is 17.1 Å². The lowest BCUT2D eigenvalue weighted by Crippen LogP contribution is -2.40. The van der Waals surface area contributed by atoms with E-state index in [4.69, 9.17) is 18.9 Å². The van der Waals surface area contributed by atoms with Crippen LogP contribution < -0.4 is 14.8 Å². The minimum absolute atomic E-state index is 0.0693. The molecule has 0 aromatic heterocycles. The number of sulfonamides is 1. The van der Waals surface area contributed by atoms with Gasteiger partial charge in [0.25, 0.3) is 5.91 Å². The van der Waals surface area contributed by atoms with E-state index in [1.165, 1.54) is 49.7 Å². The Kier molecular flexibility index (Phi) is 7.90. The molecule has 1 unspecified atom stereocenters. The van der Waals surface area contributed by atoms with Gasteiger partial charge in [-0.3, -0.25) is 4.79 Å². The molecule has 2 aromatic rings. The summed E-state index contributed by atoms with van der Waals surface area (Å²) in [5, 5.41) is 2.61. The van der Waals surface area contributed by atoms with Crippen molar-refractivity contribution >= 4 is 27.6 Å². The predicted octanol–water partition coefficient (Wildman–Crippen LogP) is 1.91. The zero-order valence-corrected chi connectivity index (χ0v) is 19.4. The van der Waals surface area contributed by atoms with Gasteiger partial charge in [0.15, 0.2) is 6.10 Å². The zero-order valence-electron chi connectivity index (χ0n) is 18.6. The largest absolute Gasteiger partial charge is 0.496 e. The highest BCUT2D eigenvalue weighted by Gasteiger charge is 2.27. The summed E-state index contributed by atoms with van der Waals surface area (Å²) in [4.78, 5) is 25.3. The Morgan fingerprint density at radius 1 is 1.00 bits per heavy atom. The molecule has 3 rings (SSSR count). The summed E-state index contributed by atoms with van der Waals surface area (Å²) < 4.78 is 47.6. The van der Waals surface area contributed by atoms with Crippen molar-refractivity contribution in [2.24, 2.45) is 0 Å². The van der Waals surface area contributed by atoms with E-state index in [9.17, 15) is 18.0 Å². The fraction of sp³-hybridized carbons (Fsp3) is 0.364. The molecule has 0 bridgehead atoms. The Hall–Kier alpha value is -3.15. The van der Waals surface area contributed by atoms with Crippen LogP contribution in [-0.4, -0.2) is 71.2 Å². The molecule has 1 N–H and O–H groups in total. The average Bonchev–Trinajstić information content (AvgIpc) is 2.84. The fourth-order valence-electron chi connectivity index (χ4n) is 3.22. The molecule has 1 saturated heterocycles. The minimum atomic E-state index is -3.64. The molecule has 0 radical (unpaired) electrons. The number of hydrogen-bond donors (Lipinski definition) is 1. The fourth-order valence-corrected chi connectivity index (χ4v) is 4.62. The summed E-state index contributed by atoms with van der Waals surface area (Å²) in [6.07, 6.45) is -1.14. The van der Waals surface area contributed by atoms with Gasteiger partial charge in [0.2, 0.25) is 10.0 Å². The van der Waals surface area contributed by atoms with Crippen LogP contribution in [-0.2, 0) is 24.3 Å². The standard InChI is InChI=1S/C22H26N2O8S/c1-15(32-22(26)20-18(29-2)5-4-6-19(20)30-3)21(25)23-16-7-9-17(10-8-16)33(27,28)24-11-13-31-14-12-24/h4-10,15H,11-14H2,1-3H3,(H,23,25). The molecule has 2 aromatic carbocycles. The highest BCUT2D eigenvalue weighted by Crippen LogP contribution is 2.29. The first-order valence-electron chi connectivity index (χ1n) is 10.2. The van der Waals surface area contributed by atoms with Gasteiger partial charge in [-0.25, -0.2) is 13.2 Å². The average molecular weight is 479 g/mol. The smallest absolute Gasteiger partial charge is 0.346 e. The van der Waals surface area contributed by atoms with Crippen molar-refractivity contribution in [2.45, 2.75) is 17.9 Å². The van der Waals surface area contributed by atoms with Crippen LogP contribution in [0.15, 0.2) is 47.4 Å². The van der Waals surface area contributed by atoms with E-state index in [2.05, 4.69) is 5.32 Å². The summed E-state index contributed by atoms with van der Waals surface area (Å²) in [7, 11) is -0.821. The molecule has 10 nitrogen and oxygen atoms in total. The van der Waals surface area contributed by atoms with Crippen molar-refractivity contribution in [1.82, 2.24) is 4.31 Å². The quantitative estimate of drug-likeness (QED) is 0.572. The summed E-state index contributed by atoms with van der Waals surface area (Å²) >= 11 is 0. The maximum Gasteiger partial charge on any atom is 0.346 e. The van der Waals surface area contributed by atoms with Gasteiger partial charge in [-0.15, -0.1) is 0 Å². The van der Waals surface area contributed by atoms with Gasteiger partial charge in [0, 0.05) is 18.8 Å². The number of nitrogens with one attached hydrogen (secondary N) is 1. The minimum Gasteiger partial charge on any atom is -0.496 e. The Labute approximate surface area is 192 Å². The lowest BCUT2D eigenvalue weighted by Gasteiger charge is -2.26. The number of morpholine rings is 1. The Morgan fingerprint density at radius 2 is 1.58 bits per heavy atom. The monoisotopic (exact) mass is 478 g/mol. The number of anilines is 1. The highest BCUT2D eigenvalue weighted by molar-refractivity contribution is 7.89. The Morgan fingerprint density at radius 3 is 2.12 bits per heavy atom. The van der Waals surface area contributed by atoms with Gasteiger partial charge in [-0.05, 0) is 43.3 Å². The maximum absolute atomic E-state index is 12.7. The number of nitrogens with zero attached hydrogens (tertiary/aromatic N) is 1. The van der Waals surface area contributed by atoms with Gasteiger partial charge in [-0.1, -0.05) is 6.07 Å². The number of carbonyl (C=O) groups is 2. The van der Waals surface area contributed by atoms with Crippen molar-refractivity contribution in [2.75, 3.05) is 45.8 Å². The molecule has 1 fully saturated rings. The van der Waals surface area contributed by atoms with Gasteiger partial charge in [-0.2, -0.15) is 4.31 Å². The second-order valence-electron chi connectivity index (χ2n) is 7.12. The maximum atomic E-state index is 12.7. The van der Waals surface area contributed by atoms with E-state index < -0.39 is 28.0 Å². The summed E-state index contributed by atoms with van der Waals surface area (Å²) in [5.74, 6) is -0.854. The number of methoxy groups -OCH3 is 2. The van der Waals surface area contributed by atoms with Crippen LogP contribution in [0.3, 0.4) is 0 Å². The van der Waals surface area contributed by atoms with Crippen LogP contribution in [0.25, 0.3) is 0 Å². The predicted molar refractivity (Wildman–Crippen MR) is 119 cm³/mol. The summed E-state index contributed by atoms with van der Waals surface area (Å²) in [6, 6.07) is 10.6. The first-order chi connectivity index (χ1) is 15.8. The van der Waals surface area contributed by atoms with Crippen molar-refractivity contribution in [3.63, 3.8) is 0 Å². The van der Waals surface area contributed by atoms with Gasteiger partial charge >= 0.3 is 5.97 Å². The number of amides is 1. The molecule has 0 spiro atoms. The highest BCUT2D eigenvalue weighted by atomic mass is 32.2. The lowest BCUT2D eigenvalue weighted by atomic mass is 10.1. The molecule has 1 aliphatic heterocycles. The van der Waals surface area contributed by atoms with E-state index >= 15 is 0 Å². The molecule has 11 heteroatoms. The number of rotatable bonds is 8. The van der Waals surface area contributed by atoms with Gasteiger partial charge < -0.3 is 24.3 Å². The first kappa shape index (κ1) is 24.5. The summed E-state index contributed by atoms with van der Waals surface area (Å²) in [6.45, 7) is 2.71. The normalized spacial score (nSPS) is 15.4. The third-order valence-corrected chi connectivity index (χ3v) is 6.93. The van der Waals surface area contributed by atoms with E-state index in [-0.39, 0.29) is 22.0 Å². The molecule has 1 atom stereocenters. The second kappa shape index (κ2) is 10.6. The van der Waals surface area contributed by atoms with Crippen LogP contribution in [0.5, 0.6) is 11.5 Å². The van der Waals surface area contributed by atoms with Crippen molar-refractivity contribution < 1.29 is 37.0 Å². The molecular weight excluding hydrogens is 452 g/mol. The Balaban J connectivity index is 1.65. The molecule has 0 saturated carbocycles. The van der Waals surface area contributed by atoms with Crippen molar-refractivity contribution in [3.05, 3.63) is 48.0 Å². The number of esters is 1. The molecule has 33 heavy (non-hydrogen) atoms. The van der Waals surface area contributed by atoms with Crippen LogP contribution in [0.2, 0.25) is 0 Å². The van der Waals surface area contributed by atoms with E-state index in [1.807, 2.05) is 0 Å². The second-order valence-corrected chi connectivity index (χ2v) is 9.05. The molecule has 1 aliphatic rings. The van der Waals surface area contributed by atoms with Crippen molar-refractivity contribution in [1.29, 1.82) is 0 Å². The van der Waals surface area contributed by atoms with Crippen LogP contribution in [0.1, 0.15) is 17.3 Å². The van der Waals surface area contributed by atoms with Crippen LogP contribution >= 0.6 is 0 Å².